The van der Waals surface area contributed by atoms with Gasteiger partial charge in [-0.1, -0.05) is 0 Å². The predicted molar refractivity (Wildman–Crippen MR) is 72.1 cm³/mol. The van der Waals surface area contributed by atoms with Crippen molar-refractivity contribution in [2.24, 2.45) is 0 Å². The van der Waals surface area contributed by atoms with Gasteiger partial charge in [0.05, 0.1) is 19.8 Å². The zero-order chi connectivity index (χ0) is 15.5. The number of nitrogens with one attached hydrogen (secondary N) is 1. The minimum Gasteiger partial charge on any atom is -0.497 e. The molecule has 0 bridgehead atoms. The van der Waals surface area contributed by atoms with E-state index in [9.17, 15) is 13.2 Å². The number of alkyl halides is 3. The van der Waals surface area contributed by atoms with Crippen molar-refractivity contribution in [3.8, 4) is 11.5 Å². The topological polar surface area (TPSA) is 43.4 Å². The smallest absolute Gasteiger partial charge is 0.416 e. The van der Waals surface area contributed by atoms with E-state index < -0.39 is 11.7 Å². The number of hydrogen-bond acceptors (Lipinski definition) is 4. The summed E-state index contributed by atoms with van der Waals surface area (Å²) in [5.74, 6) is 1.12. The first-order chi connectivity index (χ1) is 9.92. The summed E-state index contributed by atoms with van der Waals surface area (Å²) in [5, 5.41) is 2.79. The van der Waals surface area contributed by atoms with Gasteiger partial charge in [-0.3, -0.25) is 0 Å². The van der Waals surface area contributed by atoms with Gasteiger partial charge >= 0.3 is 6.18 Å². The molecule has 112 valence electrons. The van der Waals surface area contributed by atoms with Gasteiger partial charge < -0.3 is 14.8 Å². The third kappa shape index (κ3) is 3.77. The van der Waals surface area contributed by atoms with Crippen molar-refractivity contribution in [3.05, 3.63) is 42.1 Å². The van der Waals surface area contributed by atoms with Gasteiger partial charge in [-0.05, 0) is 12.1 Å². The standard InChI is InChI=1S/C14H13F3N2O2/c1-20-11-6-10(7-12(8-11)21-2)19-13-5-9(3-4-18-13)14(15,16)17/h3-8H,1-2H3,(H,18,19). The summed E-state index contributed by atoms with van der Waals surface area (Å²) in [7, 11) is 2.97. The summed E-state index contributed by atoms with van der Waals surface area (Å²) in [6.45, 7) is 0. The summed E-state index contributed by atoms with van der Waals surface area (Å²) in [4.78, 5) is 3.87. The number of anilines is 2. The van der Waals surface area contributed by atoms with Crippen LogP contribution in [0.15, 0.2) is 36.5 Å². The number of benzene rings is 1. The van der Waals surface area contributed by atoms with Crippen LogP contribution >= 0.6 is 0 Å². The average molecular weight is 298 g/mol. The summed E-state index contributed by atoms with van der Waals surface area (Å²) < 4.78 is 48.1. The van der Waals surface area contributed by atoms with E-state index in [0.717, 1.165) is 18.3 Å². The lowest BCUT2D eigenvalue weighted by Crippen LogP contribution is -2.06. The number of nitrogens with zero attached hydrogens (tertiary/aromatic N) is 1. The van der Waals surface area contributed by atoms with Crippen molar-refractivity contribution in [3.63, 3.8) is 0 Å². The SMILES string of the molecule is COc1cc(Nc2cc(C(F)(F)F)ccn2)cc(OC)c1. The summed E-state index contributed by atoms with van der Waals surface area (Å²) in [5.41, 5.74) is -0.257. The Morgan fingerprint density at radius 1 is 1.00 bits per heavy atom. The highest BCUT2D eigenvalue weighted by Crippen LogP contribution is 2.32. The molecule has 4 nitrogen and oxygen atoms in total. The first kappa shape index (κ1) is 15.0. The maximum absolute atomic E-state index is 12.6. The van der Waals surface area contributed by atoms with Gasteiger partial charge in [0.2, 0.25) is 0 Å². The van der Waals surface area contributed by atoms with Gasteiger partial charge in [-0.25, -0.2) is 4.98 Å². The highest BCUT2D eigenvalue weighted by molar-refractivity contribution is 5.61. The van der Waals surface area contributed by atoms with E-state index in [1.807, 2.05) is 0 Å². The van der Waals surface area contributed by atoms with Crippen LogP contribution in [-0.2, 0) is 6.18 Å². The van der Waals surface area contributed by atoms with Crippen LogP contribution in [0.4, 0.5) is 24.7 Å². The van der Waals surface area contributed by atoms with Crippen LogP contribution in [-0.4, -0.2) is 19.2 Å². The van der Waals surface area contributed by atoms with E-state index in [-0.39, 0.29) is 5.82 Å². The molecule has 2 aromatic rings. The average Bonchev–Trinajstić information content (AvgIpc) is 2.46. The number of hydrogen-bond donors (Lipinski definition) is 1. The quantitative estimate of drug-likeness (QED) is 0.930. The van der Waals surface area contributed by atoms with E-state index in [1.165, 1.54) is 14.2 Å². The van der Waals surface area contributed by atoms with E-state index in [4.69, 9.17) is 9.47 Å². The molecule has 0 aliphatic rings. The Bertz CT molecular complexity index is 608. The highest BCUT2D eigenvalue weighted by Gasteiger charge is 2.30. The molecule has 0 unspecified atom stereocenters. The lowest BCUT2D eigenvalue weighted by Gasteiger charge is -2.12. The number of halogens is 3. The third-order valence-corrected chi connectivity index (χ3v) is 2.71. The van der Waals surface area contributed by atoms with Crippen LogP contribution in [0.3, 0.4) is 0 Å². The van der Waals surface area contributed by atoms with Crippen molar-refractivity contribution in [1.82, 2.24) is 4.98 Å². The number of ether oxygens (including phenoxy) is 2. The second-order valence-corrected chi connectivity index (χ2v) is 4.15. The molecule has 0 aliphatic heterocycles. The molecule has 1 aromatic heterocycles. The Kier molecular flexibility index (Phi) is 4.21. The molecule has 7 heteroatoms. The molecule has 0 atom stereocenters. The molecule has 2 rings (SSSR count). The first-order valence-corrected chi connectivity index (χ1v) is 5.95. The highest BCUT2D eigenvalue weighted by atomic mass is 19.4. The fraction of sp³-hybridized carbons (Fsp3) is 0.214. The van der Waals surface area contributed by atoms with E-state index >= 15 is 0 Å². The van der Waals surface area contributed by atoms with Gasteiger partial charge in [0, 0.05) is 30.1 Å². The van der Waals surface area contributed by atoms with Crippen molar-refractivity contribution < 1.29 is 22.6 Å². The Hall–Kier alpha value is -2.44. The molecule has 0 radical (unpaired) electrons. The largest absolute Gasteiger partial charge is 0.497 e. The van der Waals surface area contributed by atoms with Crippen LogP contribution in [0.5, 0.6) is 11.5 Å². The van der Waals surface area contributed by atoms with Gasteiger partial charge in [-0.15, -0.1) is 0 Å². The summed E-state index contributed by atoms with van der Waals surface area (Å²) in [6.07, 6.45) is -3.31. The molecule has 0 fully saturated rings. The zero-order valence-electron chi connectivity index (χ0n) is 11.4. The molecule has 0 saturated heterocycles. The van der Waals surface area contributed by atoms with Crippen LogP contribution < -0.4 is 14.8 Å². The van der Waals surface area contributed by atoms with Crippen molar-refractivity contribution in [2.75, 3.05) is 19.5 Å². The fourth-order valence-electron chi connectivity index (χ4n) is 1.70. The second-order valence-electron chi connectivity index (χ2n) is 4.15. The lowest BCUT2D eigenvalue weighted by molar-refractivity contribution is -0.137. The number of pyridine rings is 1. The molecule has 0 amide bonds. The molecular weight excluding hydrogens is 285 g/mol. The Balaban J connectivity index is 2.30. The minimum absolute atomic E-state index is 0.0835. The number of rotatable bonds is 4. The predicted octanol–water partition coefficient (Wildman–Crippen LogP) is 3.86. The molecule has 1 N–H and O–H groups in total. The third-order valence-electron chi connectivity index (χ3n) is 2.71. The van der Waals surface area contributed by atoms with Crippen LogP contribution in [0.25, 0.3) is 0 Å². The van der Waals surface area contributed by atoms with Crippen LogP contribution in [0, 0.1) is 0 Å². The van der Waals surface area contributed by atoms with Crippen LogP contribution in [0.1, 0.15) is 5.56 Å². The Morgan fingerprint density at radius 3 is 2.14 bits per heavy atom. The summed E-state index contributed by atoms with van der Waals surface area (Å²) in [6, 6.07) is 6.77. The summed E-state index contributed by atoms with van der Waals surface area (Å²) >= 11 is 0. The van der Waals surface area contributed by atoms with E-state index in [2.05, 4.69) is 10.3 Å². The van der Waals surface area contributed by atoms with Gasteiger partial charge in [0.25, 0.3) is 0 Å². The fourth-order valence-corrected chi connectivity index (χ4v) is 1.70. The Morgan fingerprint density at radius 2 is 1.62 bits per heavy atom. The van der Waals surface area contributed by atoms with Crippen molar-refractivity contribution in [1.29, 1.82) is 0 Å². The van der Waals surface area contributed by atoms with Gasteiger partial charge in [-0.2, -0.15) is 13.2 Å². The van der Waals surface area contributed by atoms with Crippen LogP contribution in [0.2, 0.25) is 0 Å². The molecule has 0 spiro atoms. The molecule has 0 saturated carbocycles. The molecule has 21 heavy (non-hydrogen) atoms. The van der Waals surface area contributed by atoms with Gasteiger partial charge in [0.1, 0.15) is 17.3 Å². The minimum atomic E-state index is -4.41. The van der Waals surface area contributed by atoms with Crippen molar-refractivity contribution >= 4 is 11.5 Å². The second kappa shape index (κ2) is 5.90. The molecule has 0 aliphatic carbocycles. The maximum atomic E-state index is 12.6. The van der Waals surface area contributed by atoms with Crippen molar-refractivity contribution in [2.45, 2.75) is 6.18 Å². The Labute approximate surface area is 119 Å². The van der Waals surface area contributed by atoms with E-state index in [1.54, 1.807) is 18.2 Å². The van der Waals surface area contributed by atoms with E-state index in [0.29, 0.717) is 17.2 Å². The van der Waals surface area contributed by atoms with Gasteiger partial charge in [0.15, 0.2) is 0 Å². The molecular formula is C14H13F3N2O2. The normalized spacial score (nSPS) is 11.1. The lowest BCUT2D eigenvalue weighted by atomic mass is 10.2. The first-order valence-electron chi connectivity index (χ1n) is 5.95. The molecule has 1 heterocycles. The number of aromatic nitrogens is 1. The molecule has 1 aromatic carbocycles. The maximum Gasteiger partial charge on any atom is 0.416 e. The monoisotopic (exact) mass is 298 g/mol. The number of methoxy groups -OCH3 is 2. The zero-order valence-corrected chi connectivity index (χ0v) is 11.4.